The SMILES string of the molecule is O=C(OCC1CCCCO1)c1cc(Cl)cc(Cl)c1. The second kappa shape index (κ2) is 6.41. The molecule has 1 fully saturated rings. The van der Waals surface area contributed by atoms with Crippen LogP contribution in [0, 0.1) is 0 Å². The standard InChI is InChI=1S/C13H14Cl2O3/c14-10-5-9(6-11(15)7-10)13(16)18-8-12-3-1-2-4-17-12/h5-7,12H,1-4,8H2. The number of esters is 1. The molecule has 0 radical (unpaired) electrons. The fraction of sp³-hybridized carbons (Fsp3) is 0.462. The fourth-order valence-corrected chi connectivity index (χ4v) is 2.39. The summed E-state index contributed by atoms with van der Waals surface area (Å²) in [6.07, 6.45) is 3.14. The number of hydrogen-bond donors (Lipinski definition) is 0. The van der Waals surface area contributed by atoms with E-state index in [9.17, 15) is 4.79 Å². The lowest BCUT2D eigenvalue weighted by molar-refractivity contribution is -0.0300. The van der Waals surface area contributed by atoms with E-state index in [-0.39, 0.29) is 12.7 Å². The summed E-state index contributed by atoms with van der Waals surface area (Å²) in [6, 6.07) is 4.65. The van der Waals surface area contributed by atoms with Crippen molar-refractivity contribution in [3.63, 3.8) is 0 Å². The second-order valence-electron chi connectivity index (χ2n) is 4.25. The van der Waals surface area contributed by atoms with Crippen molar-refractivity contribution in [2.24, 2.45) is 0 Å². The van der Waals surface area contributed by atoms with Crippen molar-refractivity contribution >= 4 is 29.2 Å². The zero-order valence-corrected chi connectivity index (χ0v) is 11.3. The van der Waals surface area contributed by atoms with Gasteiger partial charge in [-0.1, -0.05) is 23.2 Å². The molecule has 0 N–H and O–H groups in total. The van der Waals surface area contributed by atoms with E-state index in [0.29, 0.717) is 15.6 Å². The van der Waals surface area contributed by atoms with Gasteiger partial charge in [-0.2, -0.15) is 0 Å². The van der Waals surface area contributed by atoms with Crippen LogP contribution in [0.15, 0.2) is 18.2 Å². The number of halogens is 2. The van der Waals surface area contributed by atoms with Crippen molar-refractivity contribution in [1.29, 1.82) is 0 Å². The lowest BCUT2D eigenvalue weighted by Crippen LogP contribution is -2.25. The second-order valence-corrected chi connectivity index (χ2v) is 5.12. The number of hydrogen-bond acceptors (Lipinski definition) is 3. The summed E-state index contributed by atoms with van der Waals surface area (Å²) in [6.45, 7) is 1.02. The van der Waals surface area contributed by atoms with E-state index < -0.39 is 5.97 Å². The van der Waals surface area contributed by atoms with Crippen LogP contribution in [0.3, 0.4) is 0 Å². The van der Waals surface area contributed by atoms with E-state index in [1.807, 2.05) is 0 Å². The summed E-state index contributed by atoms with van der Waals surface area (Å²) in [5, 5.41) is 0.840. The highest BCUT2D eigenvalue weighted by atomic mass is 35.5. The van der Waals surface area contributed by atoms with Crippen LogP contribution in [0.1, 0.15) is 29.6 Å². The Balaban J connectivity index is 1.90. The van der Waals surface area contributed by atoms with Gasteiger partial charge in [-0.3, -0.25) is 0 Å². The van der Waals surface area contributed by atoms with Crippen molar-refractivity contribution in [3.8, 4) is 0 Å². The molecule has 0 spiro atoms. The van der Waals surface area contributed by atoms with Gasteiger partial charge in [-0.05, 0) is 37.5 Å². The van der Waals surface area contributed by atoms with E-state index in [2.05, 4.69) is 0 Å². The Labute approximate surface area is 116 Å². The Morgan fingerprint density at radius 2 is 2.00 bits per heavy atom. The molecule has 5 heteroatoms. The topological polar surface area (TPSA) is 35.5 Å². The normalized spacial score (nSPS) is 19.6. The summed E-state index contributed by atoms with van der Waals surface area (Å²) in [5.74, 6) is -0.423. The molecule has 1 saturated heterocycles. The molecule has 0 aliphatic carbocycles. The first-order valence-corrected chi connectivity index (χ1v) is 6.65. The van der Waals surface area contributed by atoms with Gasteiger partial charge in [0.25, 0.3) is 0 Å². The van der Waals surface area contributed by atoms with E-state index >= 15 is 0 Å². The molecule has 0 amide bonds. The van der Waals surface area contributed by atoms with Crippen LogP contribution in [0.4, 0.5) is 0 Å². The Morgan fingerprint density at radius 1 is 1.28 bits per heavy atom. The predicted octanol–water partition coefficient (Wildman–Crippen LogP) is 3.72. The zero-order valence-electron chi connectivity index (χ0n) is 9.83. The molecule has 3 nitrogen and oxygen atoms in total. The molecule has 0 bridgehead atoms. The van der Waals surface area contributed by atoms with Crippen molar-refractivity contribution in [1.82, 2.24) is 0 Å². The maximum atomic E-state index is 11.8. The molecule has 1 unspecified atom stereocenters. The monoisotopic (exact) mass is 288 g/mol. The van der Waals surface area contributed by atoms with E-state index in [1.165, 1.54) is 12.1 Å². The van der Waals surface area contributed by atoms with Crippen LogP contribution in [0.5, 0.6) is 0 Å². The molecule has 1 aliphatic heterocycles. The molecule has 98 valence electrons. The molecule has 0 saturated carbocycles. The summed E-state index contributed by atoms with van der Waals surface area (Å²) >= 11 is 11.7. The van der Waals surface area contributed by atoms with Crippen molar-refractivity contribution in [2.45, 2.75) is 25.4 Å². The zero-order chi connectivity index (χ0) is 13.0. The van der Waals surface area contributed by atoms with E-state index in [1.54, 1.807) is 6.07 Å². The molecule has 2 rings (SSSR count). The lowest BCUT2D eigenvalue weighted by Gasteiger charge is -2.22. The molecular formula is C13H14Cl2O3. The first-order chi connectivity index (χ1) is 8.65. The third-order valence-electron chi connectivity index (χ3n) is 2.77. The van der Waals surface area contributed by atoms with Gasteiger partial charge in [0, 0.05) is 16.7 Å². The number of carbonyl (C=O) groups excluding carboxylic acids is 1. The quantitative estimate of drug-likeness (QED) is 0.795. The predicted molar refractivity (Wildman–Crippen MR) is 70.3 cm³/mol. The molecular weight excluding hydrogens is 275 g/mol. The van der Waals surface area contributed by atoms with Crippen molar-refractivity contribution in [2.75, 3.05) is 13.2 Å². The van der Waals surface area contributed by atoms with E-state index in [0.717, 1.165) is 25.9 Å². The highest BCUT2D eigenvalue weighted by Crippen LogP contribution is 2.20. The number of benzene rings is 1. The fourth-order valence-electron chi connectivity index (χ4n) is 1.86. The minimum absolute atomic E-state index is 0.0114. The Morgan fingerprint density at radius 3 is 2.61 bits per heavy atom. The summed E-state index contributed by atoms with van der Waals surface area (Å²) in [7, 11) is 0. The molecule has 0 aromatic heterocycles. The van der Waals surface area contributed by atoms with Crippen molar-refractivity contribution < 1.29 is 14.3 Å². The smallest absolute Gasteiger partial charge is 0.338 e. The largest absolute Gasteiger partial charge is 0.459 e. The molecule has 1 heterocycles. The summed E-state index contributed by atoms with van der Waals surface area (Å²) in [5.41, 5.74) is 0.364. The average Bonchev–Trinajstić information content (AvgIpc) is 2.36. The Hall–Kier alpha value is -0.770. The van der Waals surface area contributed by atoms with Crippen LogP contribution in [0.2, 0.25) is 10.0 Å². The van der Waals surface area contributed by atoms with Crippen LogP contribution in [-0.2, 0) is 9.47 Å². The third-order valence-corrected chi connectivity index (χ3v) is 3.21. The average molecular weight is 289 g/mol. The number of carbonyl (C=O) groups is 1. The number of rotatable bonds is 3. The maximum Gasteiger partial charge on any atom is 0.338 e. The molecule has 1 aliphatic rings. The van der Waals surface area contributed by atoms with E-state index in [4.69, 9.17) is 32.7 Å². The molecule has 1 aromatic carbocycles. The minimum atomic E-state index is -0.423. The maximum absolute atomic E-state index is 11.8. The van der Waals surface area contributed by atoms with Crippen molar-refractivity contribution in [3.05, 3.63) is 33.8 Å². The van der Waals surface area contributed by atoms with Gasteiger partial charge in [0.15, 0.2) is 0 Å². The lowest BCUT2D eigenvalue weighted by atomic mass is 10.1. The van der Waals surface area contributed by atoms with Crippen LogP contribution in [-0.4, -0.2) is 25.3 Å². The summed E-state index contributed by atoms with van der Waals surface area (Å²) in [4.78, 5) is 11.8. The first kappa shape index (κ1) is 13.7. The van der Waals surface area contributed by atoms with Gasteiger partial charge in [0.1, 0.15) is 6.61 Å². The van der Waals surface area contributed by atoms with Gasteiger partial charge in [0.2, 0.25) is 0 Å². The molecule has 1 aromatic rings. The van der Waals surface area contributed by atoms with Crippen LogP contribution < -0.4 is 0 Å². The van der Waals surface area contributed by atoms with Gasteiger partial charge in [-0.15, -0.1) is 0 Å². The summed E-state index contributed by atoms with van der Waals surface area (Å²) < 4.78 is 10.7. The third kappa shape index (κ3) is 3.87. The molecule has 1 atom stereocenters. The van der Waals surface area contributed by atoms with Gasteiger partial charge in [-0.25, -0.2) is 4.79 Å². The minimum Gasteiger partial charge on any atom is -0.459 e. The number of ether oxygens (including phenoxy) is 2. The Bertz CT molecular complexity index is 408. The highest BCUT2D eigenvalue weighted by molar-refractivity contribution is 6.35. The van der Waals surface area contributed by atoms with Crippen LogP contribution >= 0.6 is 23.2 Å². The Kier molecular flexibility index (Phi) is 4.87. The first-order valence-electron chi connectivity index (χ1n) is 5.90. The van der Waals surface area contributed by atoms with Gasteiger partial charge < -0.3 is 9.47 Å². The van der Waals surface area contributed by atoms with Gasteiger partial charge >= 0.3 is 5.97 Å². The highest BCUT2D eigenvalue weighted by Gasteiger charge is 2.17. The van der Waals surface area contributed by atoms with Gasteiger partial charge in [0.05, 0.1) is 11.7 Å². The molecule has 18 heavy (non-hydrogen) atoms. The van der Waals surface area contributed by atoms with Crippen LogP contribution in [0.25, 0.3) is 0 Å².